The van der Waals surface area contributed by atoms with Gasteiger partial charge in [0.25, 0.3) is 0 Å². The molecule has 0 saturated carbocycles. The minimum Gasteiger partial charge on any atom is -0.354 e. The molecule has 0 aromatic heterocycles. The molecule has 5 nitrogen and oxygen atoms in total. The number of nitrogens with zero attached hydrogens (tertiary/aromatic N) is 1. The molecule has 1 heterocycles. The van der Waals surface area contributed by atoms with Gasteiger partial charge in [0.2, 0.25) is 5.91 Å². The SMILES string of the molecule is CC(=O)Nc1cccc(NC2=NCCN2)c1. The lowest BCUT2D eigenvalue weighted by atomic mass is 10.3. The maximum atomic E-state index is 10.9. The van der Waals surface area contributed by atoms with Gasteiger partial charge >= 0.3 is 0 Å². The van der Waals surface area contributed by atoms with Crippen molar-refractivity contribution in [3.05, 3.63) is 24.3 Å². The highest BCUT2D eigenvalue weighted by Crippen LogP contribution is 2.15. The van der Waals surface area contributed by atoms with Gasteiger partial charge in [0, 0.05) is 24.8 Å². The van der Waals surface area contributed by atoms with Crippen LogP contribution in [0.2, 0.25) is 0 Å². The molecular formula is C11H14N4O. The molecule has 1 aliphatic rings. The van der Waals surface area contributed by atoms with E-state index in [4.69, 9.17) is 0 Å². The number of carbonyl (C=O) groups is 1. The van der Waals surface area contributed by atoms with Gasteiger partial charge in [-0.15, -0.1) is 0 Å². The van der Waals surface area contributed by atoms with Gasteiger partial charge in [-0.1, -0.05) is 6.07 Å². The van der Waals surface area contributed by atoms with Crippen LogP contribution in [0.1, 0.15) is 6.92 Å². The molecule has 0 aliphatic carbocycles. The largest absolute Gasteiger partial charge is 0.354 e. The van der Waals surface area contributed by atoms with Crippen molar-refractivity contribution in [2.45, 2.75) is 6.92 Å². The third kappa shape index (κ3) is 2.73. The van der Waals surface area contributed by atoms with Gasteiger partial charge in [-0.2, -0.15) is 0 Å². The van der Waals surface area contributed by atoms with Gasteiger partial charge in [-0.25, -0.2) is 0 Å². The Kier molecular flexibility index (Phi) is 3.05. The summed E-state index contributed by atoms with van der Waals surface area (Å²) in [6, 6.07) is 7.51. The summed E-state index contributed by atoms with van der Waals surface area (Å²) >= 11 is 0. The number of carbonyl (C=O) groups excluding carboxylic acids is 1. The van der Waals surface area contributed by atoms with E-state index in [0.29, 0.717) is 0 Å². The van der Waals surface area contributed by atoms with E-state index in [1.165, 1.54) is 6.92 Å². The van der Waals surface area contributed by atoms with Crippen LogP contribution in [0.4, 0.5) is 11.4 Å². The molecule has 84 valence electrons. The Morgan fingerprint density at radius 2 is 2.25 bits per heavy atom. The predicted octanol–water partition coefficient (Wildman–Crippen LogP) is 1.02. The molecule has 2 rings (SSSR count). The minimum absolute atomic E-state index is 0.0755. The zero-order valence-electron chi connectivity index (χ0n) is 9.08. The summed E-state index contributed by atoms with van der Waals surface area (Å²) in [5, 5.41) is 8.99. The normalized spacial score (nSPS) is 13.9. The lowest BCUT2D eigenvalue weighted by molar-refractivity contribution is -0.114. The summed E-state index contributed by atoms with van der Waals surface area (Å²) in [5.41, 5.74) is 1.68. The Hall–Kier alpha value is -2.04. The average Bonchev–Trinajstić information content (AvgIpc) is 2.70. The Balaban J connectivity index is 2.06. The van der Waals surface area contributed by atoms with Gasteiger partial charge in [0.05, 0.1) is 6.54 Å². The van der Waals surface area contributed by atoms with E-state index in [-0.39, 0.29) is 5.91 Å². The number of aliphatic imine (C=N–C) groups is 1. The van der Waals surface area contributed by atoms with E-state index >= 15 is 0 Å². The summed E-state index contributed by atoms with van der Waals surface area (Å²) < 4.78 is 0. The van der Waals surface area contributed by atoms with Crippen LogP contribution in [0.3, 0.4) is 0 Å². The molecule has 0 fully saturated rings. The van der Waals surface area contributed by atoms with Crippen molar-refractivity contribution >= 4 is 23.2 Å². The fourth-order valence-corrected chi connectivity index (χ4v) is 1.50. The van der Waals surface area contributed by atoms with Crippen molar-refractivity contribution in [1.29, 1.82) is 0 Å². The van der Waals surface area contributed by atoms with Crippen LogP contribution < -0.4 is 16.0 Å². The van der Waals surface area contributed by atoms with Gasteiger partial charge < -0.3 is 16.0 Å². The van der Waals surface area contributed by atoms with E-state index in [1.807, 2.05) is 24.3 Å². The first-order valence-corrected chi connectivity index (χ1v) is 5.17. The van der Waals surface area contributed by atoms with Crippen molar-refractivity contribution in [1.82, 2.24) is 5.32 Å². The Bertz CT molecular complexity index is 428. The first-order chi connectivity index (χ1) is 7.74. The molecule has 1 aromatic rings. The second-order valence-electron chi connectivity index (χ2n) is 3.54. The zero-order chi connectivity index (χ0) is 11.4. The van der Waals surface area contributed by atoms with Crippen molar-refractivity contribution in [3.8, 4) is 0 Å². The van der Waals surface area contributed by atoms with Crippen molar-refractivity contribution in [2.24, 2.45) is 4.99 Å². The number of benzene rings is 1. The highest BCUT2D eigenvalue weighted by atomic mass is 16.1. The van der Waals surface area contributed by atoms with E-state index in [9.17, 15) is 4.79 Å². The van der Waals surface area contributed by atoms with Gasteiger partial charge in [-0.3, -0.25) is 9.79 Å². The monoisotopic (exact) mass is 218 g/mol. The second-order valence-corrected chi connectivity index (χ2v) is 3.54. The quantitative estimate of drug-likeness (QED) is 0.694. The van der Waals surface area contributed by atoms with Crippen LogP contribution in [0.5, 0.6) is 0 Å². The summed E-state index contributed by atoms with van der Waals surface area (Å²) in [7, 11) is 0. The third-order valence-electron chi connectivity index (χ3n) is 2.12. The predicted molar refractivity (Wildman–Crippen MR) is 64.7 cm³/mol. The van der Waals surface area contributed by atoms with Crippen LogP contribution in [-0.2, 0) is 4.79 Å². The Morgan fingerprint density at radius 1 is 1.44 bits per heavy atom. The van der Waals surface area contributed by atoms with Crippen LogP contribution in [0.25, 0.3) is 0 Å². The standard InChI is InChI=1S/C11H14N4O/c1-8(16)14-9-3-2-4-10(7-9)15-11-12-5-6-13-11/h2-4,7H,5-6H2,1H3,(H,14,16)(H2,12,13,15). The molecule has 0 bridgehead atoms. The summed E-state index contributed by atoms with van der Waals surface area (Å²) in [5.74, 6) is 0.702. The summed E-state index contributed by atoms with van der Waals surface area (Å²) in [6.45, 7) is 3.16. The number of guanidine groups is 1. The molecule has 1 aliphatic heterocycles. The van der Waals surface area contributed by atoms with Gasteiger partial charge in [0.15, 0.2) is 5.96 Å². The Labute approximate surface area is 94.0 Å². The molecule has 3 N–H and O–H groups in total. The lowest BCUT2D eigenvalue weighted by Gasteiger charge is -2.08. The van der Waals surface area contributed by atoms with E-state index in [2.05, 4.69) is 20.9 Å². The third-order valence-corrected chi connectivity index (χ3v) is 2.12. The number of anilines is 2. The van der Waals surface area contributed by atoms with E-state index < -0.39 is 0 Å². The number of amides is 1. The number of nitrogens with one attached hydrogen (secondary N) is 3. The summed E-state index contributed by atoms with van der Waals surface area (Å²) in [4.78, 5) is 15.1. The fourth-order valence-electron chi connectivity index (χ4n) is 1.50. The van der Waals surface area contributed by atoms with Crippen LogP contribution in [-0.4, -0.2) is 25.0 Å². The van der Waals surface area contributed by atoms with Crippen molar-refractivity contribution in [2.75, 3.05) is 23.7 Å². The number of hydrogen-bond donors (Lipinski definition) is 3. The number of rotatable bonds is 2. The molecular weight excluding hydrogens is 204 g/mol. The van der Waals surface area contributed by atoms with Gasteiger partial charge in [0.1, 0.15) is 0 Å². The maximum absolute atomic E-state index is 10.9. The molecule has 5 heteroatoms. The van der Waals surface area contributed by atoms with Crippen LogP contribution >= 0.6 is 0 Å². The topological polar surface area (TPSA) is 65.5 Å². The minimum atomic E-state index is -0.0755. The molecule has 16 heavy (non-hydrogen) atoms. The molecule has 0 radical (unpaired) electrons. The van der Waals surface area contributed by atoms with Gasteiger partial charge in [-0.05, 0) is 18.2 Å². The molecule has 1 amide bonds. The van der Waals surface area contributed by atoms with E-state index in [0.717, 1.165) is 30.4 Å². The van der Waals surface area contributed by atoms with Crippen molar-refractivity contribution in [3.63, 3.8) is 0 Å². The van der Waals surface area contributed by atoms with Crippen LogP contribution in [0.15, 0.2) is 29.3 Å². The zero-order valence-corrected chi connectivity index (χ0v) is 9.08. The smallest absolute Gasteiger partial charge is 0.221 e. The molecule has 0 saturated heterocycles. The molecule has 0 spiro atoms. The molecule has 0 atom stereocenters. The lowest BCUT2D eigenvalue weighted by Crippen LogP contribution is -2.26. The first kappa shape index (κ1) is 10.5. The molecule has 1 aromatic carbocycles. The summed E-state index contributed by atoms with van der Waals surface area (Å²) in [6.07, 6.45) is 0. The second kappa shape index (κ2) is 4.65. The average molecular weight is 218 g/mol. The maximum Gasteiger partial charge on any atom is 0.221 e. The highest BCUT2D eigenvalue weighted by molar-refractivity contribution is 5.96. The Morgan fingerprint density at radius 3 is 2.94 bits per heavy atom. The first-order valence-electron chi connectivity index (χ1n) is 5.17. The van der Waals surface area contributed by atoms with Crippen molar-refractivity contribution < 1.29 is 4.79 Å². The highest BCUT2D eigenvalue weighted by Gasteiger charge is 2.05. The molecule has 0 unspecified atom stereocenters. The van der Waals surface area contributed by atoms with E-state index in [1.54, 1.807) is 0 Å². The van der Waals surface area contributed by atoms with Crippen LogP contribution in [0, 0.1) is 0 Å². The fraction of sp³-hybridized carbons (Fsp3) is 0.273. The number of hydrogen-bond acceptors (Lipinski definition) is 4.